The molecule has 0 aromatic heterocycles. The molecule has 1 amide bonds. The van der Waals surface area contributed by atoms with Crippen molar-refractivity contribution in [2.24, 2.45) is 0 Å². The molecule has 1 N–H and O–H groups in total. The van der Waals surface area contributed by atoms with E-state index in [1.807, 2.05) is 55.5 Å². The van der Waals surface area contributed by atoms with E-state index >= 15 is 0 Å². The monoisotopic (exact) mass is 283 g/mol. The van der Waals surface area contributed by atoms with Crippen LogP contribution >= 0.6 is 0 Å². The summed E-state index contributed by atoms with van der Waals surface area (Å²) in [7, 11) is 1.66. The number of amides is 1. The predicted octanol–water partition coefficient (Wildman–Crippen LogP) is 3.97. The Hall–Kier alpha value is -2.29. The van der Waals surface area contributed by atoms with Gasteiger partial charge in [0.2, 0.25) is 5.91 Å². The van der Waals surface area contributed by atoms with Crippen molar-refractivity contribution >= 4 is 11.6 Å². The number of carbonyl (C=O) groups is 1. The third-order valence-corrected chi connectivity index (χ3v) is 3.45. The summed E-state index contributed by atoms with van der Waals surface area (Å²) >= 11 is 0. The minimum atomic E-state index is 0.0674. The van der Waals surface area contributed by atoms with E-state index < -0.39 is 0 Å². The molecule has 2 rings (SSSR count). The van der Waals surface area contributed by atoms with Crippen molar-refractivity contribution in [2.75, 3.05) is 12.4 Å². The Morgan fingerprint density at radius 3 is 2.48 bits per heavy atom. The Morgan fingerprint density at radius 2 is 1.81 bits per heavy atom. The van der Waals surface area contributed by atoms with Crippen molar-refractivity contribution < 1.29 is 9.53 Å². The summed E-state index contributed by atoms with van der Waals surface area (Å²) in [4.78, 5) is 11.9. The zero-order valence-corrected chi connectivity index (χ0v) is 12.6. The molecule has 110 valence electrons. The Kier molecular flexibility index (Phi) is 5.38. The highest BCUT2D eigenvalue weighted by atomic mass is 16.5. The molecule has 0 fully saturated rings. The normalized spacial score (nSPS) is 10.2. The maximum Gasteiger partial charge on any atom is 0.224 e. The zero-order chi connectivity index (χ0) is 15.1. The second-order valence-corrected chi connectivity index (χ2v) is 5.06. The highest BCUT2D eigenvalue weighted by Gasteiger charge is 2.04. The highest BCUT2D eigenvalue weighted by molar-refractivity contribution is 5.91. The van der Waals surface area contributed by atoms with Gasteiger partial charge in [-0.3, -0.25) is 4.79 Å². The number of nitrogens with one attached hydrogen (secondary N) is 1. The van der Waals surface area contributed by atoms with Crippen LogP contribution in [0.4, 0.5) is 5.69 Å². The molecule has 0 atom stereocenters. The van der Waals surface area contributed by atoms with Gasteiger partial charge in [0, 0.05) is 12.1 Å². The number of para-hydroxylation sites is 1. The number of hydrogen-bond donors (Lipinski definition) is 1. The van der Waals surface area contributed by atoms with E-state index in [1.165, 1.54) is 5.56 Å². The molecule has 0 saturated heterocycles. The SMILES string of the molecule is COc1ccc(CCCC(=O)Nc2ccccc2C)cc1. The summed E-state index contributed by atoms with van der Waals surface area (Å²) in [6, 6.07) is 15.8. The van der Waals surface area contributed by atoms with Crippen LogP contribution < -0.4 is 10.1 Å². The molecule has 21 heavy (non-hydrogen) atoms. The summed E-state index contributed by atoms with van der Waals surface area (Å²) in [5.74, 6) is 0.925. The van der Waals surface area contributed by atoms with Crippen LogP contribution in [0, 0.1) is 6.92 Å². The molecular weight excluding hydrogens is 262 g/mol. The van der Waals surface area contributed by atoms with E-state index in [1.54, 1.807) is 7.11 Å². The number of methoxy groups -OCH3 is 1. The molecule has 0 aliphatic heterocycles. The number of carbonyl (C=O) groups excluding carboxylic acids is 1. The fraction of sp³-hybridized carbons (Fsp3) is 0.278. The van der Waals surface area contributed by atoms with Gasteiger partial charge in [0.05, 0.1) is 7.11 Å². The Bertz CT molecular complexity index is 590. The second-order valence-electron chi connectivity index (χ2n) is 5.06. The number of rotatable bonds is 6. The van der Waals surface area contributed by atoms with Crippen LogP contribution in [0.2, 0.25) is 0 Å². The first-order valence-corrected chi connectivity index (χ1v) is 7.17. The van der Waals surface area contributed by atoms with Gasteiger partial charge in [-0.25, -0.2) is 0 Å². The second kappa shape index (κ2) is 7.48. The van der Waals surface area contributed by atoms with Gasteiger partial charge < -0.3 is 10.1 Å². The lowest BCUT2D eigenvalue weighted by molar-refractivity contribution is -0.116. The first kappa shape index (κ1) is 15.1. The average Bonchev–Trinajstić information content (AvgIpc) is 2.50. The number of benzene rings is 2. The van der Waals surface area contributed by atoms with Crippen LogP contribution in [0.1, 0.15) is 24.0 Å². The van der Waals surface area contributed by atoms with Gasteiger partial charge in [-0.05, 0) is 49.1 Å². The largest absolute Gasteiger partial charge is 0.497 e. The fourth-order valence-electron chi connectivity index (χ4n) is 2.17. The Morgan fingerprint density at radius 1 is 1.10 bits per heavy atom. The number of anilines is 1. The van der Waals surface area contributed by atoms with E-state index in [4.69, 9.17) is 4.74 Å². The van der Waals surface area contributed by atoms with Gasteiger partial charge in [-0.15, -0.1) is 0 Å². The molecule has 2 aromatic carbocycles. The summed E-state index contributed by atoms with van der Waals surface area (Å²) in [6.45, 7) is 1.99. The third kappa shape index (κ3) is 4.63. The van der Waals surface area contributed by atoms with Gasteiger partial charge >= 0.3 is 0 Å². The summed E-state index contributed by atoms with van der Waals surface area (Å²) in [6.07, 6.45) is 2.26. The standard InChI is InChI=1S/C18H21NO2/c1-14-6-3-4-8-17(14)19-18(20)9-5-7-15-10-12-16(21-2)13-11-15/h3-4,6,8,10-13H,5,7,9H2,1-2H3,(H,19,20). The Balaban J connectivity index is 1.77. The van der Waals surface area contributed by atoms with Crippen molar-refractivity contribution in [3.63, 3.8) is 0 Å². The quantitative estimate of drug-likeness (QED) is 0.871. The molecule has 0 spiro atoms. The number of aryl methyl sites for hydroxylation is 2. The predicted molar refractivity (Wildman–Crippen MR) is 85.7 cm³/mol. The topological polar surface area (TPSA) is 38.3 Å². The maximum atomic E-state index is 11.9. The van der Waals surface area contributed by atoms with E-state index in [-0.39, 0.29) is 5.91 Å². The molecule has 0 saturated carbocycles. The van der Waals surface area contributed by atoms with Crippen LogP contribution in [0.25, 0.3) is 0 Å². The molecule has 0 unspecified atom stereocenters. The van der Waals surface area contributed by atoms with Crippen LogP contribution in [0.5, 0.6) is 5.75 Å². The average molecular weight is 283 g/mol. The molecule has 2 aromatic rings. The van der Waals surface area contributed by atoms with Gasteiger partial charge in [0.1, 0.15) is 5.75 Å². The molecular formula is C18H21NO2. The van der Waals surface area contributed by atoms with Crippen molar-refractivity contribution in [3.8, 4) is 5.75 Å². The molecule has 3 nitrogen and oxygen atoms in total. The molecule has 0 aliphatic carbocycles. The number of ether oxygens (including phenoxy) is 1. The summed E-state index contributed by atoms with van der Waals surface area (Å²) in [5.41, 5.74) is 3.20. The van der Waals surface area contributed by atoms with Gasteiger partial charge in [0.15, 0.2) is 0 Å². The van der Waals surface area contributed by atoms with Crippen molar-refractivity contribution in [2.45, 2.75) is 26.2 Å². The highest BCUT2D eigenvalue weighted by Crippen LogP contribution is 2.15. The van der Waals surface area contributed by atoms with E-state index in [0.717, 1.165) is 29.8 Å². The molecule has 0 heterocycles. The maximum absolute atomic E-state index is 11.9. The Labute approximate surface area is 126 Å². The lowest BCUT2D eigenvalue weighted by Gasteiger charge is -2.08. The number of hydrogen-bond acceptors (Lipinski definition) is 2. The van der Waals surface area contributed by atoms with Gasteiger partial charge in [0.25, 0.3) is 0 Å². The molecule has 0 aliphatic rings. The molecule has 0 bridgehead atoms. The molecule has 0 radical (unpaired) electrons. The molecule has 3 heteroatoms. The van der Waals surface area contributed by atoms with Crippen LogP contribution in [-0.2, 0) is 11.2 Å². The third-order valence-electron chi connectivity index (χ3n) is 3.45. The van der Waals surface area contributed by atoms with Crippen molar-refractivity contribution in [1.82, 2.24) is 0 Å². The first-order chi connectivity index (χ1) is 10.2. The summed E-state index contributed by atoms with van der Waals surface area (Å²) < 4.78 is 5.13. The zero-order valence-electron chi connectivity index (χ0n) is 12.6. The minimum Gasteiger partial charge on any atom is -0.497 e. The smallest absolute Gasteiger partial charge is 0.224 e. The van der Waals surface area contributed by atoms with Crippen LogP contribution in [-0.4, -0.2) is 13.0 Å². The van der Waals surface area contributed by atoms with E-state index in [0.29, 0.717) is 6.42 Å². The summed E-state index contributed by atoms with van der Waals surface area (Å²) in [5, 5.41) is 2.96. The van der Waals surface area contributed by atoms with Crippen molar-refractivity contribution in [1.29, 1.82) is 0 Å². The minimum absolute atomic E-state index is 0.0674. The van der Waals surface area contributed by atoms with E-state index in [2.05, 4.69) is 5.32 Å². The van der Waals surface area contributed by atoms with E-state index in [9.17, 15) is 4.79 Å². The van der Waals surface area contributed by atoms with Crippen LogP contribution in [0.3, 0.4) is 0 Å². The first-order valence-electron chi connectivity index (χ1n) is 7.17. The van der Waals surface area contributed by atoms with Crippen LogP contribution in [0.15, 0.2) is 48.5 Å². The lowest BCUT2D eigenvalue weighted by Crippen LogP contribution is -2.12. The van der Waals surface area contributed by atoms with Crippen molar-refractivity contribution in [3.05, 3.63) is 59.7 Å². The fourth-order valence-corrected chi connectivity index (χ4v) is 2.17. The van der Waals surface area contributed by atoms with Gasteiger partial charge in [-0.1, -0.05) is 30.3 Å². The van der Waals surface area contributed by atoms with Gasteiger partial charge in [-0.2, -0.15) is 0 Å². The lowest BCUT2D eigenvalue weighted by atomic mass is 10.1.